The molecule has 1 amide bonds. The first-order chi connectivity index (χ1) is 12.5. The number of aromatic nitrogens is 2. The number of fused-ring (bicyclic) bond motifs is 1. The summed E-state index contributed by atoms with van der Waals surface area (Å²) < 4.78 is 0. The van der Waals surface area contributed by atoms with E-state index in [2.05, 4.69) is 28.3 Å². The Bertz CT molecular complexity index is 801. The highest BCUT2D eigenvalue weighted by Crippen LogP contribution is 2.22. The standard InChI is InChI=1S/C21H28N4O/c1-14-7-5-8-16(13-14)20(25(3)4)21(26)22-12-11-19-23-15(2)17-9-6-10-18(17)24-19/h5,7-8,13,20H,6,9-12H2,1-4H3,(H,22,26)/t20-/m1/s1. The predicted molar refractivity (Wildman–Crippen MR) is 103 cm³/mol. The van der Waals surface area contributed by atoms with Gasteiger partial charge in [-0.3, -0.25) is 9.69 Å². The van der Waals surface area contributed by atoms with Crippen LogP contribution >= 0.6 is 0 Å². The van der Waals surface area contributed by atoms with Gasteiger partial charge in [-0.15, -0.1) is 0 Å². The molecule has 0 bridgehead atoms. The van der Waals surface area contributed by atoms with Crippen LogP contribution in [0, 0.1) is 13.8 Å². The van der Waals surface area contributed by atoms with Crippen LogP contribution in [0.15, 0.2) is 24.3 Å². The predicted octanol–water partition coefficient (Wildman–Crippen LogP) is 2.54. The molecule has 138 valence electrons. The van der Waals surface area contributed by atoms with Crippen LogP contribution in [0.5, 0.6) is 0 Å². The first kappa shape index (κ1) is 18.5. The second-order valence-electron chi connectivity index (χ2n) is 7.33. The fourth-order valence-corrected chi connectivity index (χ4v) is 3.71. The zero-order valence-electron chi connectivity index (χ0n) is 16.2. The van der Waals surface area contributed by atoms with Crippen LogP contribution in [0.25, 0.3) is 0 Å². The Hall–Kier alpha value is -2.27. The Balaban J connectivity index is 1.63. The van der Waals surface area contributed by atoms with Crippen LogP contribution in [0.3, 0.4) is 0 Å². The summed E-state index contributed by atoms with van der Waals surface area (Å²) in [6, 6.07) is 7.82. The van der Waals surface area contributed by atoms with E-state index in [9.17, 15) is 4.79 Å². The summed E-state index contributed by atoms with van der Waals surface area (Å²) in [5, 5.41) is 3.06. The van der Waals surface area contributed by atoms with E-state index in [1.54, 1.807) is 0 Å². The molecule has 0 aliphatic heterocycles. The normalized spacial score (nSPS) is 14.3. The van der Waals surface area contributed by atoms with Crippen molar-refractivity contribution in [2.75, 3.05) is 20.6 Å². The molecule has 5 heteroatoms. The highest BCUT2D eigenvalue weighted by Gasteiger charge is 2.23. The van der Waals surface area contributed by atoms with Crippen molar-refractivity contribution in [3.63, 3.8) is 0 Å². The highest BCUT2D eigenvalue weighted by atomic mass is 16.2. The molecule has 1 aromatic carbocycles. The minimum Gasteiger partial charge on any atom is -0.354 e. The summed E-state index contributed by atoms with van der Waals surface area (Å²) in [6.45, 7) is 4.66. The van der Waals surface area contributed by atoms with Gasteiger partial charge in [-0.05, 0) is 58.3 Å². The van der Waals surface area contributed by atoms with Crippen LogP contribution in [0.2, 0.25) is 0 Å². The summed E-state index contributed by atoms with van der Waals surface area (Å²) in [7, 11) is 3.86. The molecule has 1 aromatic heterocycles. The average molecular weight is 352 g/mol. The van der Waals surface area contributed by atoms with Crippen molar-refractivity contribution in [3.8, 4) is 0 Å². The van der Waals surface area contributed by atoms with E-state index >= 15 is 0 Å². The van der Waals surface area contributed by atoms with Crippen molar-refractivity contribution in [1.29, 1.82) is 0 Å². The molecule has 1 aliphatic carbocycles. The molecule has 2 aromatic rings. The fourth-order valence-electron chi connectivity index (χ4n) is 3.71. The van der Waals surface area contributed by atoms with Crippen LogP contribution in [0.1, 0.15) is 46.4 Å². The number of benzene rings is 1. The number of nitrogens with zero attached hydrogens (tertiary/aromatic N) is 3. The first-order valence-electron chi connectivity index (χ1n) is 9.31. The van der Waals surface area contributed by atoms with Crippen molar-refractivity contribution >= 4 is 5.91 Å². The van der Waals surface area contributed by atoms with Crippen LogP contribution in [0.4, 0.5) is 0 Å². The maximum atomic E-state index is 12.7. The monoisotopic (exact) mass is 352 g/mol. The number of rotatable bonds is 6. The van der Waals surface area contributed by atoms with Gasteiger partial charge in [0.15, 0.2) is 0 Å². The number of likely N-dealkylation sites (N-methyl/N-ethyl adjacent to an activating group) is 1. The largest absolute Gasteiger partial charge is 0.354 e. The van der Waals surface area contributed by atoms with E-state index in [-0.39, 0.29) is 11.9 Å². The quantitative estimate of drug-likeness (QED) is 0.868. The van der Waals surface area contributed by atoms with E-state index < -0.39 is 0 Å². The molecule has 1 N–H and O–H groups in total. The molecule has 1 aliphatic rings. The van der Waals surface area contributed by atoms with Gasteiger partial charge < -0.3 is 5.32 Å². The molecule has 0 saturated heterocycles. The van der Waals surface area contributed by atoms with Gasteiger partial charge in [0.1, 0.15) is 11.9 Å². The lowest BCUT2D eigenvalue weighted by atomic mass is 10.0. The Labute approximate surface area is 155 Å². The van der Waals surface area contributed by atoms with E-state index in [0.717, 1.165) is 35.5 Å². The summed E-state index contributed by atoms with van der Waals surface area (Å²) in [6.07, 6.45) is 3.98. The summed E-state index contributed by atoms with van der Waals surface area (Å²) in [5.41, 5.74) is 5.79. The van der Waals surface area contributed by atoms with E-state index in [4.69, 9.17) is 0 Å². The third-order valence-corrected chi connectivity index (χ3v) is 4.96. The third kappa shape index (κ3) is 4.10. The number of carbonyl (C=O) groups excluding carboxylic acids is 1. The van der Waals surface area contributed by atoms with Gasteiger partial charge in [-0.2, -0.15) is 0 Å². The van der Waals surface area contributed by atoms with Crippen molar-refractivity contribution in [1.82, 2.24) is 20.2 Å². The summed E-state index contributed by atoms with van der Waals surface area (Å²) in [5.74, 6) is 0.846. The Morgan fingerprint density at radius 1 is 1.23 bits per heavy atom. The van der Waals surface area contributed by atoms with Gasteiger partial charge in [0, 0.05) is 24.4 Å². The molecule has 0 radical (unpaired) electrons. The van der Waals surface area contributed by atoms with Crippen LogP contribution in [-0.2, 0) is 24.1 Å². The van der Waals surface area contributed by atoms with Crippen molar-refractivity contribution < 1.29 is 4.79 Å². The van der Waals surface area contributed by atoms with Gasteiger partial charge in [-0.1, -0.05) is 29.8 Å². The zero-order valence-corrected chi connectivity index (χ0v) is 16.2. The van der Waals surface area contributed by atoms with Crippen molar-refractivity contribution in [2.24, 2.45) is 0 Å². The molecule has 26 heavy (non-hydrogen) atoms. The number of nitrogens with one attached hydrogen (secondary N) is 1. The van der Waals surface area contributed by atoms with Crippen molar-refractivity contribution in [2.45, 2.75) is 45.6 Å². The number of carbonyl (C=O) groups is 1. The van der Waals surface area contributed by atoms with Gasteiger partial charge in [0.2, 0.25) is 5.91 Å². The number of amides is 1. The molecule has 1 atom stereocenters. The first-order valence-corrected chi connectivity index (χ1v) is 9.31. The minimum atomic E-state index is -0.294. The van der Waals surface area contributed by atoms with Gasteiger partial charge >= 0.3 is 0 Å². The van der Waals surface area contributed by atoms with Gasteiger partial charge in [0.05, 0.1) is 0 Å². The fraction of sp³-hybridized carbons (Fsp3) is 0.476. The lowest BCUT2D eigenvalue weighted by molar-refractivity contribution is -0.125. The highest BCUT2D eigenvalue weighted by molar-refractivity contribution is 5.83. The van der Waals surface area contributed by atoms with Crippen LogP contribution < -0.4 is 5.32 Å². The Kier molecular flexibility index (Phi) is 5.67. The second-order valence-corrected chi connectivity index (χ2v) is 7.33. The molecule has 1 heterocycles. The summed E-state index contributed by atoms with van der Waals surface area (Å²) in [4.78, 5) is 24.0. The number of aryl methyl sites for hydroxylation is 3. The molecule has 5 nitrogen and oxygen atoms in total. The minimum absolute atomic E-state index is 0.0125. The van der Waals surface area contributed by atoms with Crippen molar-refractivity contribution in [3.05, 3.63) is 58.2 Å². The van der Waals surface area contributed by atoms with E-state index in [1.165, 1.54) is 17.7 Å². The molecular weight excluding hydrogens is 324 g/mol. The molecule has 0 unspecified atom stereocenters. The molecule has 0 saturated carbocycles. The maximum Gasteiger partial charge on any atom is 0.241 e. The SMILES string of the molecule is Cc1cccc([C@H](C(=O)NCCc2nc(C)c3c(n2)CCC3)N(C)C)c1. The zero-order chi connectivity index (χ0) is 18.7. The van der Waals surface area contributed by atoms with E-state index in [1.807, 2.05) is 44.1 Å². The maximum absolute atomic E-state index is 12.7. The molecule has 3 rings (SSSR count). The molecular formula is C21H28N4O. The molecule has 0 spiro atoms. The lowest BCUT2D eigenvalue weighted by Crippen LogP contribution is -2.38. The average Bonchev–Trinajstić information content (AvgIpc) is 3.04. The Morgan fingerprint density at radius 2 is 2.04 bits per heavy atom. The van der Waals surface area contributed by atoms with Gasteiger partial charge in [-0.25, -0.2) is 9.97 Å². The third-order valence-electron chi connectivity index (χ3n) is 4.96. The van der Waals surface area contributed by atoms with Crippen LogP contribution in [-0.4, -0.2) is 41.4 Å². The summed E-state index contributed by atoms with van der Waals surface area (Å²) >= 11 is 0. The molecule has 0 fully saturated rings. The topological polar surface area (TPSA) is 58.1 Å². The smallest absolute Gasteiger partial charge is 0.241 e. The van der Waals surface area contributed by atoms with E-state index in [0.29, 0.717) is 13.0 Å². The number of hydrogen-bond donors (Lipinski definition) is 1. The Morgan fingerprint density at radius 3 is 2.77 bits per heavy atom. The lowest BCUT2D eigenvalue weighted by Gasteiger charge is -2.24. The second kappa shape index (κ2) is 7.96. The number of hydrogen-bond acceptors (Lipinski definition) is 4. The van der Waals surface area contributed by atoms with Gasteiger partial charge in [0.25, 0.3) is 0 Å².